The van der Waals surface area contributed by atoms with Gasteiger partial charge in [-0.3, -0.25) is 19.7 Å². The maximum absolute atomic E-state index is 11.7. The maximum atomic E-state index is 11.7. The Balaban J connectivity index is 1.62. The lowest BCUT2D eigenvalue weighted by molar-refractivity contribution is -0.148. The minimum absolute atomic E-state index is 0.140. The molecule has 3 rings (SSSR count). The van der Waals surface area contributed by atoms with Gasteiger partial charge in [0.1, 0.15) is 18.1 Å². The Hall–Kier alpha value is -3.00. The second-order valence-corrected chi connectivity index (χ2v) is 7.59. The van der Waals surface area contributed by atoms with Gasteiger partial charge in [0.25, 0.3) is 5.24 Å². The lowest BCUT2D eigenvalue weighted by Gasteiger charge is -2.19. The molecule has 1 N–H and O–H groups in total. The number of hydrogen-bond donors (Lipinski definition) is 1. The molecular weight excluding hydrogens is 394 g/mol. The molecule has 0 radical (unpaired) electrons. The van der Waals surface area contributed by atoms with E-state index in [1.807, 2.05) is 30.3 Å². The first kappa shape index (κ1) is 20.7. The first-order valence-electron chi connectivity index (χ1n) is 8.99. The van der Waals surface area contributed by atoms with E-state index in [9.17, 15) is 14.4 Å². The van der Waals surface area contributed by atoms with Gasteiger partial charge < -0.3 is 14.2 Å². The summed E-state index contributed by atoms with van der Waals surface area (Å²) in [5.41, 5.74) is 1.69. The van der Waals surface area contributed by atoms with Gasteiger partial charge in [0.05, 0.1) is 12.4 Å². The van der Waals surface area contributed by atoms with Crippen LogP contribution in [0.15, 0.2) is 48.5 Å². The monoisotopic (exact) mass is 415 g/mol. The zero-order chi connectivity index (χ0) is 20.8. The summed E-state index contributed by atoms with van der Waals surface area (Å²) in [6.45, 7) is 1.49. The van der Waals surface area contributed by atoms with Crippen molar-refractivity contribution in [2.45, 2.75) is 24.7 Å². The zero-order valence-corrected chi connectivity index (χ0v) is 16.9. The maximum Gasteiger partial charge on any atom is 0.303 e. The Labute approximate surface area is 172 Å². The number of carbonyl (C=O) groups is 3. The van der Waals surface area contributed by atoms with Gasteiger partial charge >= 0.3 is 5.97 Å². The number of benzene rings is 2. The second-order valence-electron chi connectivity index (χ2n) is 6.42. The minimum atomic E-state index is -0.577. The highest BCUT2D eigenvalue weighted by atomic mass is 32.2. The van der Waals surface area contributed by atoms with Crippen LogP contribution in [0.25, 0.3) is 0 Å². The van der Waals surface area contributed by atoms with Crippen LogP contribution in [0.1, 0.15) is 24.2 Å². The lowest BCUT2D eigenvalue weighted by Crippen LogP contribution is -2.25. The number of methoxy groups -OCH3 is 1. The Bertz CT molecular complexity index is 898. The van der Waals surface area contributed by atoms with Crippen LogP contribution in [-0.2, 0) is 20.7 Å². The topological polar surface area (TPSA) is 90.9 Å². The van der Waals surface area contributed by atoms with Crippen molar-refractivity contribution in [2.75, 3.05) is 13.7 Å². The Morgan fingerprint density at radius 2 is 1.90 bits per heavy atom. The van der Waals surface area contributed by atoms with Gasteiger partial charge in [-0.25, -0.2) is 0 Å². The molecule has 29 heavy (non-hydrogen) atoms. The third-order valence-electron chi connectivity index (χ3n) is 4.29. The van der Waals surface area contributed by atoms with Crippen molar-refractivity contribution in [2.24, 2.45) is 0 Å². The molecule has 1 fully saturated rings. The summed E-state index contributed by atoms with van der Waals surface area (Å²) < 4.78 is 16.4. The molecule has 152 valence electrons. The summed E-state index contributed by atoms with van der Waals surface area (Å²) in [6, 6.07) is 14.5. The van der Waals surface area contributed by atoms with E-state index in [2.05, 4.69) is 5.32 Å². The number of rotatable bonds is 8. The molecule has 1 heterocycles. The van der Waals surface area contributed by atoms with Gasteiger partial charge in [-0.2, -0.15) is 0 Å². The third kappa shape index (κ3) is 5.74. The van der Waals surface area contributed by atoms with Crippen LogP contribution in [0.4, 0.5) is 4.79 Å². The Morgan fingerprint density at radius 1 is 1.14 bits per heavy atom. The molecule has 8 heteroatoms. The first-order valence-corrected chi connectivity index (χ1v) is 9.87. The lowest BCUT2D eigenvalue weighted by atomic mass is 10.1. The fourth-order valence-corrected chi connectivity index (χ4v) is 3.74. The van der Waals surface area contributed by atoms with Crippen LogP contribution >= 0.6 is 11.8 Å². The number of thioether (sulfide) groups is 1. The van der Waals surface area contributed by atoms with E-state index >= 15 is 0 Å². The van der Waals surface area contributed by atoms with Crippen LogP contribution in [0.5, 0.6) is 11.5 Å². The van der Waals surface area contributed by atoms with Crippen LogP contribution in [0.2, 0.25) is 0 Å². The molecule has 1 aliphatic rings. The summed E-state index contributed by atoms with van der Waals surface area (Å²) >= 11 is 1.00. The van der Waals surface area contributed by atoms with Gasteiger partial charge in [0.15, 0.2) is 6.10 Å². The molecular formula is C21H21NO6S. The Morgan fingerprint density at radius 3 is 2.52 bits per heavy atom. The van der Waals surface area contributed by atoms with Gasteiger partial charge in [-0.1, -0.05) is 36.0 Å². The summed E-state index contributed by atoms with van der Waals surface area (Å²) in [5, 5.41) is 1.56. The number of hydrogen-bond acceptors (Lipinski definition) is 7. The van der Waals surface area contributed by atoms with E-state index in [1.165, 1.54) is 6.92 Å². The summed E-state index contributed by atoms with van der Waals surface area (Å²) in [4.78, 5) is 34.4. The van der Waals surface area contributed by atoms with Crippen molar-refractivity contribution in [1.82, 2.24) is 5.32 Å². The molecule has 0 bridgehead atoms. The predicted molar refractivity (Wildman–Crippen MR) is 108 cm³/mol. The molecule has 0 aliphatic carbocycles. The number of nitrogens with one attached hydrogen (secondary N) is 1. The molecule has 1 unspecified atom stereocenters. The van der Waals surface area contributed by atoms with E-state index in [4.69, 9.17) is 14.2 Å². The average Bonchev–Trinajstić information content (AvgIpc) is 3.02. The molecule has 0 spiro atoms. The molecule has 1 aliphatic heterocycles. The normalized spacial score (nSPS) is 16.8. The molecule has 2 atom stereocenters. The van der Waals surface area contributed by atoms with Crippen LogP contribution < -0.4 is 14.8 Å². The van der Waals surface area contributed by atoms with Crippen molar-refractivity contribution in [3.8, 4) is 11.5 Å². The highest BCUT2D eigenvalue weighted by Crippen LogP contribution is 2.26. The number of amides is 2. The second kappa shape index (κ2) is 9.47. The SMILES string of the molecule is COc1cccc([C@@H](COc2ccc(CC3SC(=O)NC3=O)cc2)OC(C)=O)c1. The molecule has 0 saturated carbocycles. The number of imide groups is 1. The van der Waals surface area contributed by atoms with Crippen LogP contribution in [0.3, 0.4) is 0 Å². The smallest absolute Gasteiger partial charge is 0.303 e. The highest BCUT2D eigenvalue weighted by molar-refractivity contribution is 8.15. The fourth-order valence-electron chi connectivity index (χ4n) is 2.88. The predicted octanol–water partition coefficient (Wildman–Crippen LogP) is 3.27. The van der Waals surface area contributed by atoms with Crippen molar-refractivity contribution in [3.05, 3.63) is 59.7 Å². The van der Waals surface area contributed by atoms with Gasteiger partial charge in [-0.15, -0.1) is 0 Å². The third-order valence-corrected chi connectivity index (χ3v) is 5.27. The standard InChI is InChI=1S/C21H21NO6S/c1-13(23)28-18(15-4-3-5-17(11-15)26-2)12-27-16-8-6-14(7-9-16)10-19-20(24)22-21(25)29-19/h3-9,11,18-19H,10,12H2,1-2H3,(H,22,24,25)/t18-,19?/m1/s1. The fraction of sp³-hybridized carbons (Fsp3) is 0.286. The van der Waals surface area contributed by atoms with Crippen molar-refractivity contribution < 1.29 is 28.6 Å². The van der Waals surface area contributed by atoms with Crippen LogP contribution in [0, 0.1) is 0 Å². The zero-order valence-electron chi connectivity index (χ0n) is 16.0. The largest absolute Gasteiger partial charge is 0.497 e. The first-order chi connectivity index (χ1) is 13.9. The number of ether oxygens (including phenoxy) is 3. The van der Waals surface area contributed by atoms with Gasteiger partial charge in [0, 0.05) is 6.92 Å². The molecule has 1 saturated heterocycles. The Kier molecular flexibility index (Phi) is 6.77. The number of esters is 1. The van der Waals surface area contributed by atoms with E-state index in [1.54, 1.807) is 25.3 Å². The summed E-state index contributed by atoms with van der Waals surface area (Å²) in [7, 11) is 1.57. The molecule has 7 nitrogen and oxygen atoms in total. The molecule has 0 aromatic heterocycles. The molecule has 2 aromatic rings. The van der Waals surface area contributed by atoms with Crippen molar-refractivity contribution >= 4 is 28.9 Å². The van der Waals surface area contributed by atoms with Gasteiger partial charge in [-0.05, 0) is 41.8 Å². The summed E-state index contributed by atoms with van der Waals surface area (Å²) in [5.74, 6) is 0.603. The van der Waals surface area contributed by atoms with E-state index < -0.39 is 17.3 Å². The van der Waals surface area contributed by atoms with E-state index in [0.29, 0.717) is 17.9 Å². The van der Waals surface area contributed by atoms with Gasteiger partial charge in [0.2, 0.25) is 5.91 Å². The molecule has 2 amide bonds. The minimum Gasteiger partial charge on any atom is -0.497 e. The van der Waals surface area contributed by atoms with E-state index in [-0.39, 0.29) is 17.8 Å². The van der Waals surface area contributed by atoms with Crippen molar-refractivity contribution in [3.63, 3.8) is 0 Å². The average molecular weight is 415 g/mol. The number of carbonyl (C=O) groups excluding carboxylic acids is 3. The molecule has 2 aromatic carbocycles. The quantitative estimate of drug-likeness (QED) is 0.662. The van der Waals surface area contributed by atoms with E-state index in [0.717, 1.165) is 22.9 Å². The highest BCUT2D eigenvalue weighted by Gasteiger charge is 2.31. The van der Waals surface area contributed by atoms with Crippen LogP contribution in [-0.4, -0.2) is 36.1 Å². The van der Waals surface area contributed by atoms with Crippen molar-refractivity contribution in [1.29, 1.82) is 0 Å². The summed E-state index contributed by atoms with van der Waals surface area (Å²) in [6.07, 6.45) is -0.116.